The molecular weight excluding hydrogens is 556 g/mol. The normalized spacial score (nSPS) is 24.6. The van der Waals surface area contributed by atoms with E-state index in [0.717, 1.165) is 24.0 Å². The monoisotopic (exact) mass is 598 g/mol. The molecule has 2 aromatic carbocycles. The fraction of sp³-hybridized carbons (Fsp3) is 0.562. The van der Waals surface area contributed by atoms with Crippen LogP contribution in [-0.4, -0.2) is 65.8 Å². The summed E-state index contributed by atoms with van der Waals surface area (Å²) in [7, 11) is -4.07. The molecule has 0 spiro atoms. The number of carbonyl (C=O) groups excluding carboxylic acids is 2. The van der Waals surface area contributed by atoms with E-state index in [4.69, 9.17) is 4.74 Å². The molecule has 0 bridgehead atoms. The summed E-state index contributed by atoms with van der Waals surface area (Å²) in [5.74, 6) is -0.279. The van der Waals surface area contributed by atoms with E-state index < -0.39 is 26.1 Å². The Morgan fingerprint density at radius 2 is 1.57 bits per heavy atom. The number of likely N-dealkylation sites (tertiary alicyclic amines) is 1. The maximum Gasteiger partial charge on any atom is 0.265 e. The van der Waals surface area contributed by atoms with Gasteiger partial charge in [0.15, 0.2) is 14.6 Å². The third-order valence-corrected chi connectivity index (χ3v) is 12.0. The van der Waals surface area contributed by atoms with Crippen molar-refractivity contribution in [2.45, 2.75) is 92.4 Å². The number of piperidine rings is 1. The highest BCUT2D eigenvalue weighted by atomic mass is 32.2. The van der Waals surface area contributed by atoms with Gasteiger partial charge in [-0.1, -0.05) is 29.8 Å². The number of benzene rings is 2. The number of sulfone groups is 1. The van der Waals surface area contributed by atoms with Crippen molar-refractivity contribution in [1.82, 2.24) is 10.4 Å². The molecule has 3 fully saturated rings. The van der Waals surface area contributed by atoms with Crippen LogP contribution in [0.4, 0.5) is 0 Å². The first-order valence-electron chi connectivity index (χ1n) is 15.1. The Bertz CT molecular complexity index is 1350. The van der Waals surface area contributed by atoms with Gasteiger partial charge in [0.05, 0.1) is 17.1 Å². The van der Waals surface area contributed by atoms with Gasteiger partial charge in [0, 0.05) is 31.5 Å². The third kappa shape index (κ3) is 6.27. The van der Waals surface area contributed by atoms with Crippen LogP contribution in [0.1, 0.15) is 75.3 Å². The molecule has 3 aliphatic rings. The number of hydrogen-bond acceptors (Lipinski definition) is 8. The zero-order chi connectivity index (χ0) is 30.0. The van der Waals surface area contributed by atoms with Crippen LogP contribution in [0.25, 0.3) is 0 Å². The summed E-state index contributed by atoms with van der Waals surface area (Å²) in [4.78, 5) is 27.7. The zero-order valence-corrected chi connectivity index (χ0v) is 25.1. The summed E-state index contributed by atoms with van der Waals surface area (Å²) in [6, 6.07) is 14.4. The molecule has 1 saturated heterocycles. The molecule has 2 aromatic rings. The van der Waals surface area contributed by atoms with Crippen LogP contribution < -0.4 is 10.2 Å². The Kier molecular flexibility index (Phi) is 9.08. The van der Waals surface area contributed by atoms with E-state index in [1.807, 2.05) is 31.2 Å². The molecule has 0 aromatic heterocycles. The van der Waals surface area contributed by atoms with E-state index in [-0.39, 0.29) is 29.4 Å². The van der Waals surface area contributed by atoms with Gasteiger partial charge < -0.3 is 14.7 Å². The number of nitrogens with zero attached hydrogens (tertiary/aromatic N) is 1. The number of carbonyl (C=O) groups is 2. The van der Waals surface area contributed by atoms with Gasteiger partial charge in [-0.15, -0.1) is 0 Å². The van der Waals surface area contributed by atoms with Gasteiger partial charge in [0.2, 0.25) is 0 Å². The Morgan fingerprint density at radius 1 is 0.952 bits per heavy atom. The second-order valence-corrected chi connectivity index (χ2v) is 14.5. The van der Waals surface area contributed by atoms with Crippen molar-refractivity contribution in [2.75, 3.05) is 19.7 Å². The lowest BCUT2D eigenvalue weighted by molar-refractivity contribution is -0.133. The number of Topliss-reactive ketones (excluding diaryl/α,β-unsaturated/α-hetero) is 1. The molecule has 1 aliphatic heterocycles. The highest BCUT2D eigenvalue weighted by Gasteiger charge is 2.54. The quantitative estimate of drug-likeness (QED) is 0.200. The number of amides is 1. The Hall–Kier alpha value is -2.79. The fourth-order valence-corrected chi connectivity index (χ4v) is 8.52. The van der Waals surface area contributed by atoms with Crippen LogP contribution in [0.15, 0.2) is 53.4 Å². The number of ether oxygens (including phenoxy) is 1. The smallest absolute Gasteiger partial charge is 0.265 e. The van der Waals surface area contributed by atoms with Gasteiger partial charge in [0.25, 0.3) is 5.91 Å². The summed E-state index contributed by atoms with van der Waals surface area (Å²) >= 11 is 0. The van der Waals surface area contributed by atoms with Gasteiger partial charge in [-0.2, -0.15) is 0 Å². The Balaban J connectivity index is 1.10. The van der Waals surface area contributed by atoms with E-state index in [0.29, 0.717) is 70.0 Å². The van der Waals surface area contributed by atoms with Crippen LogP contribution in [0.5, 0.6) is 5.75 Å². The molecule has 10 heteroatoms. The minimum Gasteiger partial charge on any atom is -0.494 e. The molecule has 2 aliphatic carbocycles. The van der Waals surface area contributed by atoms with Crippen LogP contribution in [0.3, 0.4) is 0 Å². The van der Waals surface area contributed by atoms with Crippen molar-refractivity contribution >= 4 is 21.5 Å². The molecule has 9 nitrogen and oxygen atoms in total. The van der Waals surface area contributed by atoms with E-state index in [1.165, 1.54) is 12.1 Å². The Morgan fingerprint density at radius 3 is 2.14 bits per heavy atom. The number of aryl methyl sites for hydroxylation is 1. The molecule has 5 rings (SSSR count). The van der Waals surface area contributed by atoms with E-state index in [1.54, 1.807) is 17.6 Å². The molecule has 3 N–H and O–H groups in total. The maximum atomic E-state index is 13.6. The summed E-state index contributed by atoms with van der Waals surface area (Å²) in [5.41, 5.74) is 2.79. The molecule has 0 unspecified atom stereocenters. The van der Waals surface area contributed by atoms with Crippen molar-refractivity contribution < 1.29 is 33.1 Å². The molecule has 1 amide bonds. The average molecular weight is 599 g/mol. The van der Waals surface area contributed by atoms with Gasteiger partial charge >= 0.3 is 0 Å². The number of hydroxylamine groups is 1. The van der Waals surface area contributed by atoms with Gasteiger partial charge in [-0.05, 0) is 94.5 Å². The standard InChI is InChI=1S/C32H42N2O7S/c1-23-4-6-25(7-5-23)31(37)16-14-24(15-17-31)29(35)3-2-22-41-27-10-12-28(13-11-27)42(39,40)32(30(36)33-38)18-20-34(21-19-32)26-8-9-26/h4-7,10-13,24,26,37-38H,2-3,8-9,14-22H2,1H3,(H,33,36). The summed E-state index contributed by atoms with van der Waals surface area (Å²) in [5, 5.41) is 20.5. The van der Waals surface area contributed by atoms with Crippen LogP contribution in [-0.2, 0) is 25.0 Å². The van der Waals surface area contributed by atoms with E-state index in [9.17, 15) is 28.3 Å². The third-order valence-electron chi connectivity index (χ3n) is 9.53. The first kappa shape index (κ1) is 30.7. The van der Waals surface area contributed by atoms with Crippen LogP contribution >= 0.6 is 0 Å². The van der Waals surface area contributed by atoms with Crippen molar-refractivity contribution in [3.63, 3.8) is 0 Å². The minimum atomic E-state index is -4.07. The lowest BCUT2D eigenvalue weighted by Crippen LogP contribution is -2.58. The maximum absolute atomic E-state index is 13.6. The predicted octanol–water partition coefficient (Wildman–Crippen LogP) is 4.08. The lowest BCUT2D eigenvalue weighted by Gasteiger charge is -2.39. The highest BCUT2D eigenvalue weighted by Crippen LogP contribution is 2.41. The number of hydrogen-bond donors (Lipinski definition) is 3. The minimum absolute atomic E-state index is 0.0106. The summed E-state index contributed by atoms with van der Waals surface area (Å²) in [6.07, 6.45) is 5.82. The Labute approximate surface area is 248 Å². The summed E-state index contributed by atoms with van der Waals surface area (Å²) in [6.45, 7) is 3.31. The topological polar surface area (TPSA) is 133 Å². The molecule has 1 heterocycles. The number of ketones is 1. The molecule has 0 atom stereocenters. The number of aliphatic hydroxyl groups is 1. The first-order valence-corrected chi connectivity index (χ1v) is 16.5. The van der Waals surface area contributed by atoms with E-state index >= 15 is 0 Å². The molecule has 228 valence electrons. The lowest BCUT2D eigenvalue weighted by atomic mass is 9.73. The SMILES string of the molecule is Cc1ccc(C2(O)CCC(C(=O)CCCOc3ccc(S(=O)(=O)C4(C(=O)NO)CCN(C5CC5)CC4)cc3)CC2)cc1. The van der Waals surface area contributed by atoms with Crippen molar-refractivity contribution in [2.24, 2.45) is 5.92 Å². The van der Waals surface area contributed by atoms with Crippen molar-refractivity contribution in [3.8, 4) is 5.75 Å². The molecule has 0 radical (unpaired) electrons. The van der Waals surface area contributed by atoms with E-state index in [2.05, 4.69) is 4.90 Å². The highest BCUT2D eigenvalue weighted by molar-refractivity contribution is 7.93. The van der Waals surface area contributed by atoms with Crippen molar-refractivity contribution in [3.05, 3.63) is 59.7 Å². The second kappa shape index (κ2) is 12.4. The average Bonchev–Trinajstić information content (AvgIpc) is 3.85. The van der Waals surface area contributed by atoms with Gasteiger partial charge in [-0.25, -0.2) is 13.9 Å². The number of nitrogens with one attached hydrogen (secondary N) is 1. The van der Waals surface area contributed by atoms with Crippen molar-refractivity contribution in [1.29, 1.82) is 0 Å². The van der Waals surface area contributed by atoms with Crippen LogP contribution in [0, 0.1) is 12.8 Å². The zero-order valence-electron chi connectivity index (χ0n) is 24.3. The van der Waals surface area contributed by atoms with Gasteiger partial charge in [0.1, 0.15) is 11.5 Å². The molecule has 42 heavy (non-hydrogen) atoms. The largest absolute Gasteiger partial charge is 0.494 e. The second-order valence-electron chi connectivity index (χ2n) is 12.3. The van der Waals surface area contributed by atoms with Crippen LogP contribution in [0.2, 0.25) is 0 Å². The molecular formula is C32H42N2O7S. The predicted molar refractivity (Wildman–Crippen MR) is 157 cm³/mol. The number of rotatable bonds is 11. The summed E-state index contributed by atoms with van der Waals surface area (Å²) < 4.78 is 31.4. The molecule has 2 saturated carbocycles. The fourth-order valence-electron chi connectivity index (χ4n) is 6.56. The van der Waals surface area contributed by atoms with Gasteiger partial charge in [-0.3, -0.25) is 14.8 Å². The first-order chi connectivity index (χ1) is 20.1.